The Balaban J connectivity index is 2.52. The second-order valence-corrected chi connectivity index (χ2v) is 5.89. The number of nitro groups is 1. The third-order valence-corrected chi connectivity index (χ3v) is 4.34. The van der Waals surface area contributed by atoms with Crippen LogP contribution in [0.5, 0.6) is 11.9 Å². The molecule has 0 radical (unpaired) electrons. The first-order valence-electron chi connectivity index (χ1n) is 5.85. The van der Waals surface area contributed by atoms with Crippen LogP contribution in [-0.4, -0.2) is 37.5 Å². The third kappa shape index (κ3) is 2.96. The minimum atomic E-state index is -3.98. The topological polar surface area (TPSA) is 122 Å². The molecule has 0 fully saturated rings. The maximum atomic E-state index is 12.5. The van der Waals surface area contributed by atoms with Gasteiger partial charge in [-0.3, -0.25) is 10.1 Å². The number of ether oxygens (including phenoxy) is 2. The van der Waals surface area contributed by atoms with E-state index < -0.39 is 14.8 Å². The van der Waals surface area contributed by atoms with E-state index in [4.69, 9.17) is 9.47 Å². The van der Waals surface area contributed by atoms with Gasteiger partial charge in [0.15, 0.2) is 5.03 Å². The summed E-state index contributed by atoms with van der Waals surface area (Å²) in [6.07, 6.45) is 0. The number of sulfone groups is 1. The number of methoxy groups -OCH3 is 2. The summed E-state index contributed by atoms with van der Waals surface area (Å²) in [5.74, 6) is 0.0207. The molecule has 2 rings (SSSR count). The first kappa shape index (κ1) is 15.6. The van der Waals surface area contributed by atoms with Crippen LogP contribution in [0, 0.1) is 10.1 Å². The maximum Gasteiger partial charge on any atom is 0.320 e. The van der Waals surface area contributed by atoms with Gasteiger partial charge in [0.1, 0.15) is 0 Å². The SMILES string of the molecule is COc1cc(S(=O)(=O)c2ccc([N+](=O)[O-])cc2)nc(OC)n1. The Morgan fingerprint density at radius 3 is 2.23 bits per heavy atom. The van der Waals surface area contributed by atoms with Crippen LogP contribution in [0.1, 0.15) is 0 Å². The summed E-state index contributed by atoms with van der Waals surface area (Å²) in [5, 5.41) is 10.3. The fourth-order valence-electron chi connectivity index (χ4n) is 1.58. The van der Waals surface area contributed by atoms with Crippen molar-refractivity contribution in [2.75, 3.05) is 14.2 Å². The summed E-state index contributed by atoms with van der Waals surface area (Å²) < 4.78 is 34.7. The summed E-state index contributed by atoms with van der Waals surface area (Å²) in [4.78, 5) is 17.4. The van der Waals surface area contributed by atoms with E-state index in [1.165, 1.54) is 14.2 Å². The van der Waals surface area contributed by atoms with Gasteiger partial charge in [0, 0.05) is 18.2 Å². The lowest BCUT2D eigenvalue weighted by atomic mass is 10.3. The zero-order chi connectivity index (χ0) is 16.3. The second-order valence-electron chi connectivity index (χ2n) is 3.99. The zero-order valence-corrected chi connectivity index (χ0v) is 12.4. The molecule has 0 unspecified atom stereocenters. The van der Waals surface area contributed by atoms with E-state index in [1.54, 1.807) is 0 Å². The van der Waals surface area contributed by atoms with Crippen molar-refractivity contribution in [1.82, 2.24) is 9.97 Å². The predicted molar refractivity (Wildman–Crippen MR) is 73.7 cm³/mol. The third-order valence-electron chi connectivity index (χ3n) is 2.68. The van der Waals surface area contributed by atoms with Gasteiger partial charge in [-0.15, -0.1) is 0 Å². The fourth-order valence-corrected chi connectivity index (χ4v) is 2.78. The first-order chi connectivity index (χ1) is 10.4. The minimum Gasteiger partial charge on any atom is -0.481 e. The summed E-state index contributed by atoms with van der Waals surface area (Å²) in [5.41, 5.74) is -0.211. The average Bonchev–Trinajstić information content (AvgIpc) is 2.54. The standard InChI is InChI=1S/C12H11N3O6S/c1-20-10-7-11(14-12(13-10)21-2)22(18,19)9-5-3-8(4-6-9)15(16)17/h3-7H,1-2H3. The Bertz CT molecular complexity index is 782. The quantitative estimate of drug-likeness (QED) is 0.457. The molecule has 1 heterocycles. The molecule has 2 aromatic rings. The van der Waals surface area contributed by atoms with Crippen molar-refractivity contribution < 1.29 is 22.8 Å². The maximum absolute atomic E-state index is 12.5. The Kier molecular flexibility index (Phi) is 4.22. The van der Waals surface area contributed by atoms with Crippen molar-refractivity contribution in [2.24, 2.45) is 0 Å². The van der Waals surface area contributed by atoms with E-state index in [9.17, 15) is 18.5 Å². The molecule has 0 aliphatic carbocycles. The van der Waals surface area contributed by atoms with Crippen LogP contribution in [0.25, 0.3) is 0 Å². The van der Waals surface area contributed by atoms with E-state index >= 15 is 0 Å². The van der Waals surface area contributed by atoms with Crippen LogP contribution in [0.15, 0.2) is 40.3 Å². The Hall–Kier alpha value is -2.75. The van der Waals surface area contributed by atoms with E-state index in [-0.39, 0.29) is 27.5 Å². The van der Waals surface area contributed by atoms with Gasteiger partial charge in [0.2, 0.25) is 15.7 Å². The van der Waals surface area contributed by atoms with Crippen LogP contribution in [0.3, 0.4) is 0 Å². The molecule has 0 aliphatic heterocycles. The molecular weight excluding hydrogens is 314 g/mol. The number of aromatic nitrogens is 2. The molecule has 9 nitrogen and oxygen atoms in total. The molecule has 0 bridgehead atoms. The van der Waals surface area contributed by atoms with Crippen LogP contribution >= 0.6 is 0 Å². The average molecular weight is 325 g/mol. The molecule has 10 heteroatoms. The monoisotopic (exact) mass is 325 g/mol. The molecule has 0 saturated heterocycles. The normalized spacial score (nSPS) is 11.0. The largest absolute Gasteiger partial charge is 0.481 e. The highest BCUT2D eigenvalue weighted by atomic mass is 32.2. The smallest absolute Gasteiger partial charge is 0.320 e. The molecule has 1 aromatic heterocycles. The van der Waals surface area contributed by atoms with Gasteiger partial charge >= 0.3 is 6.01 Å². The fraction of sp³-hybridized carbons (Fsp3) is 0.167. The van der Waals surface area contributed by atoms with Gasteiger partial charge < -0.3 is 9.47 Å². The number of benzene rings is 1. The molecule has 0 aliphatic rings. The van der Waals surface area contributed by atoms with E-state index in [0.29, 0.717) is 0 Å². The molecule has 116 valence electrons. The van der Waals surface area contributed by atoms with Crippen LogP contribution < -0.4 is 9.47 Å². The van der Waals surface area contributed by atoms with Gasteiger partial charge in [-0.2, -0.15) is 9.97 Å². The molecule has 0 saturated carbocycles. The summed E-state index contributed by atoms with van der Waals surface area (Å²) in [6.45, 7) is 0. The highest BCUT2D eigenvalue weighted by Gasteiger charge is 2.23. The van der Waals surface area contributed by atoms with Crippen LogP contribution in [0.2, 0.25) is 0 Å². The van der Waals surface area contributed by atoms with Gasteiger partial charge in [-0.25, -0.2) is 8.42 Å². The van der Waals surface area contributed by atoms with Gasteiger partial charge in [-0.05, 0) is 12.1 Å². The van der Waals surface area contributed by atoms with Crippen molar-refractivity contribution in [1.29, 1.82) is 0 Å². The number of nitrogens with zero attached hydrogens (tertiary/aromatic N) is 3. The van der Waals surface area contributed by atoms with E-state index in [0.717, 1.165) is 30.3 Å². The van der Waals surface area contributed by atoms with E-state index in [1.807, 2.05) is 0 Å². The summed E-state index contributed by atoms with van der Waals surface area (Å²) >= 11 is 0. The highest BCUT2D eigenvalue weighted by Crippen LogP contribution is 2.25. The molecule has 22 heavy (non-hydrogen) atoms. The molecule has 1 aromatic carbocycles. The van der Waals surface area contributed by atoms with Crippen molar-refractivity contribution in [3.05, 3.63) is 40.4 Å². The van der Waals surface area contributed by atoms with Gasteiger partial charge in [0.05, 0.1) is 24.0 Å². The lowest BCUT2D eigenvalue weighted by Gasteiger charge is -2.07. The number of hydrogen-bond acceptors (Lipinski definition) is 8. The summed E-state index contributed by atoms with van der Waals surface area (Å²) in [7, 11) is -1.37. The van der Waals surface area contributed by atoms with Crippen molar-refractivity contribution in [3.8, 4) is 11.9 Å². The lowest BCUT2D eigenvalue weighted by molar-refractivity contribution is -0.384. The van der Waals surface area contributed by atoms with Crippen LogP contribution in [0.4, 0.5) is 5.69 Å². The number of nitro benzene ring substituents is 1. The Labute approximate surface area is 125 Å². The summed E-state index contributed by atoms with van der Waals surface area (Å²) in [6, 6.07) is 5.44. The van der Waals surface area contributed by atoms with Crippen molar-refractivity contribution in [3.63, 3.8) is 0 Å². The van der Waals surface area contributed by atoms with Gasteiger partial charge in [0.25, 0.3) is 5.69 Å². The lowest BCUT2D eigenvalue weighted by Crippen LogP contribution is -2.07. The van der Waals surface area contributed by atoms with Crippen molar-refractivity contribution in [2.45, 2.75) is 9.92 Å². The minimum absolute atomic E-state index is 0.0207. The Morgan fingerprint density at radius 1 is 1.09 bits per heavy atom. The predicted octanol–water partition coefficient (Wildman–Crippen LogP) is 1.23. The van der Waals surface area contributed by atoms with Gasteiger partial charge in [-0.1, -0.05) is 0 Å². The molecular formula is C12H11N3O6S. The van der Waals surface area contributed by atoms with Crippen molar-refractivity contribution >= 4 is 15.5 Å². The molecule has 0 amide bonds. The highest BCUT2D eigenvalue weighted by molar-refractivity contribution is 7.91. The molecule has 0 N–H and O–H groups in total. The number of rotatable bonds is 5. The zero-order valence-electron chi connectivity index (χ0n) is 11.6. The number of non-ortho nitro benzene ring substituents is 1. The first-order valence-corrected chi connectivity index (χ1v) is 7.33. The molecule has 0 spiro atoms. The Morgan fingerprint density at radius 2 is 1.73 bits per heavy atom. The second kappa shape index (κ2) is 5.93. The van der Waals surface area contributed by atoms with E-state index in [2.05, 4.69) is 9.97 Å². The van der Waals surface area contributed by atoms with Crippen LogP contribution in [-0.2, 0) is 9.84 Å². The number of hydrogen-bond donors (Lipinski definition) is 0. The molecule has 0 atom stereocenters.